The Morgan fingerprint density at radius 2 is 2.21 bits per heavy atom. The van der Waals surface area contributed by atoms with Crippen molar-refractivity contribution in [2.45, 2.75) is 6.54 Å². The van der Waals surface area contributed by atoms with Gasteiger partial charge >= 0.3 is 0 Å². The van der Waals surface area contributed by atoms with Crippen molar-refractivity contribution in [1.29, 1.82) is 0 Å². The van der Waals surface area contributed by atoms with Gasteiger partial charge in [0.1, 0.15) is 17.4 Å². The van der Waals surface area contributed by atoms with E-state index in [2.05, 4.69) is 15.9 Å². The Labute approximate surface area is 87.8 Å². The summed E-state index contributed by atoms with van der Waals surface area (Å²) in [5.41, 5.74) is 1.84. The predicted octanol–water partition coefficient (Wildman–Crippen LogP) is 2.21. The van der Waals surface area contributed by atoms with Crippen molar-refractivity contribution in [2.24, 2.45) is 0 Å². The third-order valence-corrected chi connectivity index (χ3v) is 2.43. The maximum atomic E-state index is 13.4. The molecule has 0 saturated carbocycles. The number of hydrogen-bond donors (Lipinski definition) is 2. The summed E-state index contributed by atoms with van der Waals surface area (Å²) >= 11 is 2.75. The van der Waals surface area contributed by atoms with Gasteiger partial charge in [0.05, 0.1) is 18.1 Å². The molecule has 0 spiro atoms. The van der Waals surface area contributed by atoms with Gasteiger partial charge in [0.2, 0.25) is 0 Å². The lowest BCUT2D eigenvalue weighted by molar-refractivity contribution is 0.158. The van der Waals surface area contributed by atoms with Crippen LogP contribution in [-0.4, -0.2) is 12.3 Å². The van der Waals surface area contributed by atoms with Crippen molar-refractivity contribution in [3.8, 4) is 5.75 Å². The van der Waals surface area contributed by atoms with E-state index < -0.39 is 11.6 Å². The van der Waals surface area contributed by atoms with Gasteiger partial charge in [-0.05, 0) is 15.9 Å². The highest BCUT2D eigenvalue weighted by Gasteiger charge is 2.16. The summed E-state index contributed by atoms with van der Waals surface area (Å²) in [6.07, 6.45) is 0. The minimum atomic E-state index is -0.789. The molecule has 6 heteroatoms. The molecule has 3 nitrogen and oxygen atoms in total. The van der Waals surface area contributed by atoms with Gasteiger partial charge in [-0.2, -0.15) is 0 Å². The number of rotatable bonds is 3. The van der Waals surface area contributed by atoms with Crippen LogP contribution in [-0.2, 0) is 6.54 Å². The second-order valence-electron chi connectivity index (χ2n) is 2.50. The summed E-state index contributed by atoms with van der Waals surface area (Å²) in [5.74, 6) is -1.49. The van der Waals surface area contributed by atoms with Gasteiger partial charge in [-0.15, -0.1) is 0 Å². The van der Waals surface area contributed by atoms with Gasteiger partial charge in [-0.25, -0.2) is 14.3 Å². The molecule has 0 unspecified atom stereocenters. The van der Waals surface area contributed by atoms with Crippen LogP contribution in [0.4, 0.5) is 8.78 Å². The van der Waals surface area contributed by atoms with Crippen LogP contribution in [0.5, 0.6) is 5.75 Å². The molecule has 1 aromatic rings. The third-order valence-electron chi connectivity index (χ3n) is 1.70. The van der Waals surface area contributed by atoms with E-state index >= 15 is 0 Å². The Bertz CT molecular complexity index is 347. The molecule has 1 rings (SSSR count). The molecule has 0 heterocycles. The fourth-order valence-corrected chi connectivity index (χ4v) is 1.39. The summed E-state index contributed by atoms with van der Waals surface area (Å²) in [6.45, 7) is -0.159. The van der Waals surface area contributed by atoms with E-state index in [0.29, 0.717) is 0 Å². The molecular weight excluding hydrogens is 260 g/mol. The van der Waals surface area contributed by atoms with Crippen molar-refractivity contribution < 1.29 is 18.7 Å². The molecule has 0 aliphatic rings. The molecule has 0 amide bonds. The van der Waals surface area contributed by atoms with Crippen LogP contribution in [0.15, 0.2) is 10.5 Å². The lowest BCUT2D eigenvalue weighted by Crippen LogP contribution is -2.10. The maximum Gasteiger partial charge on any atom is 0.148 e. The van der Waals surface area contributed by atoms with Crippen LogP contribution in [0.25, 0.3) is 0 Å². The molecular formula is C8H8BrF2NO2. The zero-order valence-corrected chi connectivity index (χ0v) is 8.86. The van der Waals surface area contributed by atoms with Crippen LogP contribution in [0.2, 0.25) is 0 Å². The Balaban J connectivity index is 3.29. The van der Waals surface area contributed by atoms with E-state index in [1.165, 1.54) is 7.11 Å². The first-order chi connectivity index (χ1) is 6.61. The van der Waals surface area contributed by atoms with E-state index in [9.17, 15) is 8.78 Å². The van der Waals surface area contributed by atoms with Crippen molar-refractivity contribution in [3.05, 3.63) is 27.7 Å². The summed E-state index contributed by atoms with van der Waals surface area (Å²) in [6, 6.07) is 1.04. The fourth-order valence-electron chi connectivity index (χ4n) is 1.04. The van der Waals surface area contributed by atoms with Crippen molar-refractivity contribution in [3.63, 3.8) is 0 Å². The second kappa shape index (κ2) is 4.68. The highest BCUT2D eigenvalue weighted by atomic mass is 79.9. The standard InChI is InChI=1S/C8H8BrF2NO2/c1-14-6-2-5(10)7(9)8(11)4(6)3-12-13/h2,12-13H,3H2,1H3. The third kappa shape index (κ3) is 2.02. The van der Waals surface area contributed by atoms with E-state index in [-0.39, 0.29) is 22.3 Å². The lowest BCUT2D eigenvalue weighted by atomic mass is 10.2. The van der Waals surface area contributed by atoms with Gasteiger partial charge in [0.15, 0.2) is 0 Å². The van der Waals surface area contributed by atoms with Gasteiger partial charge < -0.3 is 9.94 Å². The summed E-state index contributed by atoms with van der Waals surface area (Å²) in [4.78, 5) is 0. The predicted molar refractivity (Wildman–Crippen MR) is 49.2 cm³/mol. The van der Waals surface area contributed by atoms with Gasteiger partial charge in [-0.3, -0.25) is 0 Å². The number of hydroxylamine groups is 1. The first-order valence-electron chi connectivity index (χ1n) is 3.69. The number of nitrogens with one attached hydrogen (secondary N) is 1. The molecule has 0 bridgehead atoms. The van der Waals surface area contributed by atoms with Gasteiger partial charge in [0, 0.05) is 11.6 Å². The molecule has 78 valence electrons. The Hall–Kier alpha value is -0.720. The van der Waals surface area contributed by atoms with Gasteiger partial charge in [0.25, 0.3) is 0 Å². The smallest absolute Gasteiger partial charge is 0.148 e. The molecule has 0 aliphatic carbocycles. The lowest BCUT2D eigenvalue weighted by Gasteiger charge is -2.10. The number of methoxy groups -OCH3 is 1. The molecule has 1 aromatic carbocycles. The van der Waals surface area contributed by atoms with E-state index in [0.717, 1.165) is 6.07 Å². The Morgan fingerprint density at radius 1 is 1.57 bits per heavy atom. The first-order valence-corrected chi connectivity index (χ1v) is 4.48. The summed E-state index contributed by atoms with van der Waals surface area (Å²) < 4.78 is 30.9. The minimum Gasteiger partial charge on any atom is -0.496 e. The molecule has 2 N–H and O–H groups in total. The number of ether oxygens (including phenoxy) is 1. The number of halogens is 3. The van der Waals surface area contributed by atoms with Crippen LogP contribution in [0, 0.1) is 11.6 Å². The zero-order chi connectivity index (χ0) is 10.7. The monoisotopic (exact) mass is 267 g/mol. The van der Waals surface area contributed by atoms with Gasteiger partial charge in [-0.1, -0.05) is 0 Å². The van der Waals surface area contributed by atoms with E-state index in [4.69, 9.17) is 9.94 Å². The average Bonchev–Trinajstić information content (AvgIpc) is 2.19. The number of hydrogen-bond acceptors (Lipinski definition) is 3. The van der Waals surface area contributed by atoms with Crippen molar-refractivity contribution in [1.82, 2.24) is 5.48 Å². The molecule has 0 aromatic heterocycles. The SMILES string of the molecule is COc1cc(F)c(Br)c(F)c1CNO. The molecule has 0 atom stereocenters. The largest absolute Gasteiger partial charge is 0.496 e. The number of benzene rings is 1. The Morgan fingerprint density at radius 3 is 2.71 bits per heavy atom. The highest BCUT2D eigenvalue weighted by Crippen LogP contribution is 2.30. The van der Waals surface area contributed by atoms with Crippen molar-refractivity contribution >= 4 is 15.9 Å². The summed E-state index contributed by atoms with van der Waals surface area (Å²) in [5, 5.41) is 8.44. The average molecular weight is 268 g/mol. The topological polar surface area (TPSA) is 41.5 Å². The fraction of sp³-hybridized carbons (Fsp3) is 0.250. The second-order valence-corrected chi connectivity index (χ2v) is 3.30. The summed E-state index contributed by atoms with van der Waals surface area (Å²) in [7, 11) is 1.29. The van der Waals surface area contributed by atoms with Crippen LogP contribution >= 0.6 is 15.9 Å². The normalized spacial score (nSPS) is 10.4. The zero-order valence-electron chi connectivity index (χ0n) is 7.27. The van der Waals surface area contributed by atoms with Crippen LogP contribution in [0.1, 0.15) is 5.56 Å². The quantitative estimate of drug-likeness (QED) is 0.652. The van der Waals surface area contributed by atoms with E-state index in [1.54, 1.807) is 5.48 Å². The molecule has 0 fully saturated rings. The van der Waals surface area contributed by atoms with Crippen LogP contribution < -0.4 is 10.2 Å². The molecule has 0 aliphatic heterocycles. The highest BCUT2D eigenvalue weighted by molar-refractivity contribution is 9.10. The molecule has 0 radical (unpaired) electrons. The minimum absolute atomic E-state index is 0.0461. The Kier molecular flexibility index (Phi) is 3.79. The maximum absolute atomic E-state index is 13.4. The van der Waals surface area contributed by atoms with Crippen LogP contribution in [0.3, 0.4) is 0 Å². The van der Waals surface area contributed by atoms with E-state index in [1.807, 2.05) is 0 Å². The molecule has 14 heavy (non-hydrogen) atoms. The molecule has 0 saturated heterocycles. The van der Waals surface area contributed by atoms with Crippen molar-refractivity contribution in [2.75, 3.05) is 7.11 Å². The first kappa shape index (κ1) is 11.4.